The van der Waals surface area contributed by atoms with Gasteiger partial charge in [-0.3, -0.25) is 4.79 Å². The minimum atomic E-state index is 0.0278. The Morgan fingerprint density at radius 3 is 2.75 bits per heavy atom. The summed E-state index contributed by atoms with van der Waals surface area (Å²) < 4.78 is 11.8. The van der Waals surface area contributed by atoms with Crippen LogP contribution >= 0.6 is 34.3 Å². The topological polar surface area (TPSA) is 99.4 Å². The lowest BCUT2D eigenvalue weighted by Gasteiger charge is -2.34. The molecule has 162 valence electrons. The largest absolute Gasteiger partial charge is 0.459 e. The van der Waals surface area contributed by atoms with E-state index in [0.29, 0.717) is 42.2 Å². The van der Waals surface area contributed by atoms with E-state index < -0.39 is 0 Å². The summed E-state index contributed by atoms with van der Waals surface area (Å²) in [6.45, 7) is 2.14. The molecule has 4 aromatic heterocycles. The summed E-state index contributed by atoms with van der Waals surface area (Å²) in [5.41, 5.74) is 0.965. The summed E-state index contributed by atoms with van der Waals surface area (Å²) in [5.74, 6) is 1.17. The maximum Gasteiger partial charge on any atom is 0.266 e. The first-order valence-corrected chi connectivity index (χ1v) is 11.9. The Hall–Kier alpha value is -3.13. The third-order valence-corrected chi connectivity index (χ3v) is 7.33. The van der Waals surface area contributed by atoms with Crippen LogP contribution in [0.5, 0.6) is 0 Å². The first kappa shape index (κ1) is 20.8. The molecular formula is C21H16ClN5O3S2. The molecule has 8 nitrogen and oxygen atoms in total. The summed E-state index contributed by atoms with van der Waals surface area (Å²) >= 11 is 8.99. The summed E-state index contributed by atoms with van der Waals surface area (Å²) in [4.78, 5) is 26.4. The van der Waals surface area contributed by atoms with E-state index >= 15 is 0 Å². The number of thiophene rings is 1. The highest BCUT2D eigenvalue weighted by Crippen LogP contribution is 2.33. The van der Waals surface area contributed by atoms with Gasteiger partial charge in [-0.15, -0.1) is 22.7 Å². The van der Waals surface area contributed by atoms with Crippen molar-refractivity contribution in [2.45, 2.75) is 6.42 Å². The van der Waals surface area contributed by atoms with Gasteiger partial charge >= 0.3 is 0 Å². The highest BCUT2D eigenvalue weighted by Gasteiger charge is 2.27. The van der Waals surface area contributed by atoms with Crippen molar-refractivity contribution in [3.05, 3.63) is 51.6 Å². The zero-order valence-corrected chi connectivity index (χ0v) is 19.0. The molecule has 5 rings (SSSR count). The van der Waals surface area contributed by atoms with E-state index in [2.05, 4.69) is 16.0 Å². The van der Waals surface area contributed by atoms with Gasteiger partial charge in [0, 0.05) is 31.6 Å². The number of carbonyl (C=O) groups is 1. The third-order valence-electron chi connectivity index (χ3n) is 5.03. The standard InChI is InChI=1S/C21H16ClN5O3S2/c22-17-4-3-16(32-17)20-24-13(12-31-20)10-18(28)26-5-7-27(8-6-26)21-14(11-23)25-19(30-21)15-2-1-9-29-15/h1-4,9,12H,5-8,10H2. The van der Waals surface area contributed by atoms with Gasteiger partial charge in [0.05, 0.1) is 27.6 Å². The first-order valence-electron chi connectivity index (χ1n) is 9.78. The molecular weight excluding hydrogens is 470 g/mol. The maximum atomic E-state index is 12.8. The number of hydrogen-bond acceptors (Lipinski definition) is 9. The highest BCUT2D eigenvalue weighted by molar-refractivity contribution is 7.23. The minimum Gasteiger partial charge on any atom is -0.459 e. The van der Waals surface area contributed by atoms with Crippen LogP contribution in [-0.2, 0) is 11.2 Å². The van der Waals surface area contributed by atoms with Crippen molar-refractivity contribution in [1.82, 2.24) is 14.9 Å². The second-order valence-corrected chi connectivity index (χ2v) is 9.63. The Morgan fingerprint density at radius 2 is 2.06 bits per heavy atom. The van der Waals surface area contributed by atoms with Crippen molar-refractivity contribution in [2.75, 3.05) is 31.1 Å². The van der Waals surface area contributed by atoms with Crippen molar-refractivity contribution in [3.8, 4) is 27.6 Å². The number of aromatic nitrogens is 2. The highest BCUT2D eigenvalue weighted by atomic mass is 35.5. The zero-order valence-electron chi connectivity index (χ0n) is 16.7. The van der Waals surface area contributed by atoms with Gasteiger partial charge in [-0.2, -0.15) is 10.2 Å². The van der Waals surface area contributed by atoms with Crippen LogP contribution in [0.2, 0.25) is 4.34 Å². The molecule has 4 aromatic rings. The Bertz CT molecular complexity index is 1280. The van der Waals surface area contributed by atoms with Gasteiger partial charge in [0.15, 0.2) is 5.76 Å². The molecule has 1 amide bonds. The van der Waals surface area contributed by atoms with E-state index in [0.717, 1.165) is 15.6 Å². The minimum absolute atomic E-state index is 0.0278. The number of hydrogen-bond donors (Lipinski definition) is 0. The van der Waals surface area contributed by atoms with E-state index in [1.54, 1.807) is 12.1 Å². The van der Waals surface area contributed by atoms with Gasteiger partial charge in [0.2, 0.25) is 17.5 Å². The van der Waals surface area contributed by atoms with Crippen LogP contribution in [0.1, 0.15) is 11.4 Å². The van der Waals surface area contributed by atoms with E-state index in [-0.39, 0.29) is 23.9 Å². The number of amides is 1. The Balaban J connectivity index is 1.21. The van der Waals surface area contributed by atoms with E-state index in [9.17, 15) is 10.1 Å². The number of furan rings is 1. The average Bonchev–Trinajstić information content (AvgIpc) is 3.59. The molecule has 11 heteroatoms. The van der Waals surface area contributed by atoms with Gasteiger partial charge in [-0.1, -0.05) is 11.6 Å². The Labute approximate surface area is 196 Å². The molecule has 0 atom stereocenters. The number of oxazole rings is 1. The number of piperazine rings is 1. The molecule has 1 saturated heterocycles. The molecule has 0 radical (unpaired) electrons. The molecule has 0 saturated carbocycles. The van der Waals surface area contributed by atoms with Crippen LogP contribution in [0, 0.1) is 11.3 Å². The maximum absolute atomic E-state index is 12.8. The summed E-state index contributed by atoms with van der Waals surface area (Å²) in [6, 6.07) is 9.32. The second kappa shape index (κ2) is 8.78. The first-order chi connectivity index (χ1) is 15.6. The fourth-order valence-electron chi connectivity index (χ4n) is 3.46. The van der Waals surface area contributed by atoms with E-state index in [4.69, 9.17) is 20.4 Å². The van der Waals surface area contributed by atoms with Crippen molar-refractivity contribution in [1.29, 1.82) is 5.26 Å². The number of nitrogens with zero attached hydrogens (tertiary/aromatic N) is 5. The molecule has 0 N–H and O–H groups in total. The van der Waals surface area contributed by atoms with Crippen molar-refractivity contribution >= 4 is 46.1 Å². The van der Waals surface area contributed by atoms with Crippen LogP contribution < -0.4 is 4.90 Å². The van der Waals surface area contributed by atoms with Crippen LogP contribution in [0.15, 0.2) is 44.7 Å². The number of anilines is 1. The predicted molar refractivity (Wildman–Crippen MR) is 122 cm³/mol. The molecule has 32 heavy (non-hydrogen) atoms. The number of halogens is 1. The van der Waals surface area contributed by atoms with E-state index in [1.807, 2.05) is 27.3 Å². The Morgan fingerprint density at radius 1 is 1.22 bits per heavy atom. The SMILES string of the molecule is N#Cc1nc(-c2ccco2)oc1N1CCN(C(=O)Cc2csc(-c3ccc(Cl)s3)n2)CC1. The fourth-order valence-corrected chi connectivity index (χ4v) is 5.40. The lowest BCUT2D eigenvalue weighted by Crippen LogP contribution is -2.49. The molecule has 1 aliphatic heterocycles. The number of thiazole rings is 1. The van der Waals surface area contributed by atoms with Crippen LogP contribution in [0.4, 0.5) is 5.88 Å². The number of rotatable bonds is 5. The van der Waals surface area contributed by atoms with Gasteiger partial charge in [0.1, 0.15) is 11.1 Å². The predicted octanol–water partition coefficient (Wildman–Crippen LogP) is 4.54. The summed E-state index contributed by atoms with van der Waals surface area (Å²) in [5, 5.41) is 12.2. The summed E-state index contributed by atoms with van der Waals surface area (Å²) in [7, 11) is 0. The molecule has 0 spiro atoms. The monoisotopic (exact) mass is 485 g/mol. The van der Waals surface area contributed by atoms with Gasteiger partial charge < -0.3 is 18.6 Å². The molecule has 0 unspecified atom stereocenters. The lowest BCUT2D eigenvalue weighted by molar-refractivity contribution is -0.130. The van der Waals surface area contributed by atoms with Gasteiger partial charge in [0.25, 0.3) is 5.89 Å². The van der Waals surface area contributed by atoms with Crippen LogP contribution in [0.3, 0.4) is 0 Å². The normalized spacial score (nSPS) is 14.0. The fraction of sp³-hybridized carbons (Fsp3) is 0.238. The van der Waals surface area contributed by atoms with Crippen LogP contribution in [0.25, 0.3) is 21.5 Å². The van der Waals surface area contributed by atoms with Crippen molar-refractivity contribution in [3.63, 3.8) is 0 Å². The second-order valence-electron chi connectivity index (χ2n) is 7.05. The van der Waals surface area contributed by atoms with E-state index in [1.165, 1.54) is 28.9 Å². The molecule has 1 fully saturated rings. The molecule has 0 bridgehead atoms. The average molecular weight is 486 g/mol. The molecule has 0 aromatic carbocycles. The van der Waals surface area contributed by atoms with Gasteiger partial charge in [-0.05, 0) is 24.3 Å². The third kappa shape index (κ3) is 4.14. The smallest absolute Gasteiger partial charge is 0.266 e. The molecule has 5 heterocycles. The lowest BCUT2D eigenvalue weighted by atomic mass is 10.2. The van der Waals surface area contributed by atoms with Gasteiger partial charge in [-0.25, -0.2) is 4.98 Å². The number of carbonyl (C=O) groups excluding carboxylic acids is 1. The Kier molecular flexibility index (Phi) is 5.70. The quantitative estimate of drug-likeness (QED) is 0.409. The molecule has 0 aliphatic carbocycles. The van der Waals surface area contributed by atoms with Crippen LogP contribution in [-0.4, -0.2) is 47.0 Å². The summed E-state index contributed by atoms with van der Waals surface area (Å²) in [6.07, 6.45) is 1.78. The van der Waals surface area contributed by atoms with Crippen molar-refractivity contribution < 1.29 is 13.6 Å². The molecule has 1 aliphatic rings. The number of nitriles is 1. The van der Waals surface area contributed by atoms with Crippen molar-refractivity contribution in [2.24, 2.45) is 0 Å². The zero-order chi connectivity index (χ0) is 22.1.